The zero-order valence-corrected chi connectivity index (χ0v) is 61.4. The van der Waals surface area contributed by atoms with Gasteiger partial charge in [-0.05, 0) is 0 Å². The molecule has 0 heterocycles. The van der Waals surface area contributed by atoms with Crippen molar-refractivity contribution in [1.82, 2.24) is 0 Å². The maximum atomic E-state index is 6.89. The van der Waals surface area contributed by atoms with E-state index in [1.54, 1.807) is 0 Å². The third-order valence-electron chi connectivity index (χ3n) is 19.1. The first-order chi connectivity index (χ1) is 42.2. The van der Waals surface area contributed by atoms with Gasteiger partial charge in [-0.3, -0.25) is 0 Å². The van der Waals surface area contributed by atoms with E-state index < -0.39 is 18.1 Å². The second-order valence-electron chi connectivity index (χ2n) is 27.9. The fourth-order valence-corrected chi connectivity index (χ4v) is 16.3. The van der Waals surface area contributed by atoms with Crippen LogP contribution in [-0.4, -0.2) is 26.4 Å². The average Bonchev–Trinajstić information content (AvgIpc) is 3.57. The van der Waals surface area contributed by atoms with Crippen molar-refractivity contribution in [2.24, 2.45) is 0 Å². The fraction of sp³-hybridized carbons (Fsp3) is 1.00. The molecule has 0 aromatic rings. The summed E-state index contributed by atoms with van der Waals surface area (Å²) in [5.41, 5.74) is 0. The summed E-state index contributed by atoms with van der Waals surface area (Å²) in [6, 6.07) is 0. The maximum absolute atomic E-state index is 6.89. The van der Waals surface area contributed by atoms with Crippen molar-refractivity contribution in [2.75, 3.05) is 26.4 Å². The van der Waals surface area contributed by atoms with Gasteiger partial charge in [-0.25, -0.2) is 0 Å². The van der Waals surface area contributed by atoms with Crippen LogP contribution in [0.4, 0.5) is 0 Å². The molecule has 0 spiro atoms. The van der Waals surface area contributed by atoms with Gasteiger partial charge >= 0.3 is 315 Å². The van der Waals surface area contributed by atoms with Crippen LogP contribution in [-0.2, 0) is 31.4 Å². The Balaban J connectivity index is 4.98. The number of hydrogen-bond acceptors (Lipinski definition) is 4. The Kier molecular flexibility index (Phi) is 79.3. The molecule has 0 aliphatic heterocycles. The van der Waals surface area contributed by atoms with Gasteiger partial charge in [0.15, 0.2) is 0 Å². The van der Waals surface area contributed by atoms with Crippen LogP contribution in [0.2, 0.25) is 0 Å². The van der Waals surface area contributed by atoms with Crippen LogP contribution in [0.5, 0.6) is 0 Å². The second kappa shape index (κ2) is 78.8. The smallest absolute Gasteiger partial charge is 0.0654 e. The van der Waals surface area contributed by atoms with Crippen LogP contribution in [0.1, 0.15) is 490 Å². The summed E-state index contributed by atoms with van der Waals surface area (Å²) in [4.78, 5) is 0. The Labute approximate surface area is 544 Å². The Morgan fingerprint density at radius 1 is 0.118 bits per heavy atom. The molecular formula is C80H164O4Ti. The van der Waals surface area contributed by atoms with Gasteiger partial charge in [0, 0.05) is 0 Å². The van der Waals surface area contributed by atoms with Gasteiger partial charge in [0.25, 0.3) is 0 Å². The summed E-state index contributed by atoms with van der Waals surface area (Å²) in [6.07, 6.45) is 101. The zero-order valence-electron chi connectivity index (χ0n) is 59.9. The molecule has 0 bridgehead atoms. The van der Waals surface area contributed by atoms with E-state index in [-0.39, 0.29) is 0 Å². The van der Waals surface area contributed by atoms with Gasteiger partial charge in [-0.1, -0.05) is 233 Å². The van der Waals surface area contributed by atoms with E-state index in [1.165, 1.54) is 437 Å². The van der Waals surface area contributed by atoms with E-state index >= 15 is 0 Å². The molecule has 4 nitrogen and oxygen atoms in total. The van der Waals surface area contributed by atoms with Crippen molar-refractivity contribution < 1.29 is 31.4 Å². The first kappa shape index (κ1) is 85.6. The molecule has 0 unspecified atom stereocenters. The van der Waals surface area contributed by atoms with E-state index in [2.05, 4.69) is 27.7 Å². The van der Waals surface area contributed by atoms with Crippen molar-refractivity contribution in [3.05, 3.63) is 0 Å². The third kappa shape index (κ3) is 73.5. The SMILES string of the molecule is CCCCCCCCCCCCCCCCCCCC[O][Ti]([O]CCCCCCCCCCCCCCCCCCCC)([O]CCCCCCCCCCCCCCCCCCCC)[O]CCCCCCCCCCCCCCCCCCCC. The summed E-state index contributed by atoms with van der Waals surface area (Å²) < 4.78 is 27.6. The van der Waals surface area contributed by atoms with Gasteiger partial charge in [0.05, 0.1) is 0 Å². The molecule has 0 saturated heterocycles. The van der Waals surface area contributed by atoms with Crippen LogP contribution in [0.3, 0.4) is 0 Å². The molecule has 0 rings (SSSR count). The monoisotopic (exact) mass is 1240 g/mol. The summed E-state index contributed by atoms with van der Waals surface area (Å²) in [7, 11) is 0. The summed E-state index contributed by atoms with van der Waals surface area (Å²) in [6.45, 7) is 12.2. The summed E-state index contributed by atoms with van der Waals surface area (Å²) in [5, 5.41) is 0. The second-order valence-corrected chi connectivity index (χ2v) is 31.3. The fourth-order valence-electron chi connectivity index (χ4n) is 13.1. The standard InChI is InChI=1S/4C20H41O.Ti/c4*1-2-3-4-5-6-7-8-9-10-11-12-13-14-15-16-17-18-19-20-21;/h4*2-20H2,1H3;/q4*-1;+4. The van der Waals surface area contributed by atoms with Gasteiger partial charge in [0.1, 0.15) is 0 Å². The molecule has 0 N–H and O–H groups in total. The Bertz CT molecular complexity index is 961. The Hall–Kier alpha value is 0.554. The molecular weight excluding hydrogens is 1070 g/mol. The van der Waals surface area contributed by atoms with E-state index in [4.69, 9.17) is 13.3 Å². The molecule has 0 radical (unpaired) electrons. The number of unbranched alkanes of at least 4 members (excludes halogenated alkanes) is 68. The molecule has 512 valence electrons. The molecule has 0 aromatic heterocycles. The zero-order chi connectivity index (χ0) is 61.1. The first-order valence-corrected chi connectivity index (χ1v) is 43.3. The predicted molar refractivity (Wildman–Crippen MR) is 379 cm³/mol. The van der Waals surface area contributed by atoms with Crippen LogP contribution < -0.4 is 0 Å². The molecule has 0 atom stereocenters. The predicted octanol–water partition coefficient (Wildman–Crippen LogP) is 30.0. The van der Waals surface area contributed by atoms with Crippen LogP contribution in [0.15, 0.2) is 0 Å². The van der Waals surface area contributed by atoms with Gasteiger partial charge in [0.2, 0.25) is 0 Å². The van der Waals surface area contributed by atoms with Crippen molar-refractivity contribution in [1.29, 1.82) is 0 Å². The first-order valence-electron chi connectivity index (χ1n) is 40.8. The van der Waals surface area contributed by atoms with Crippen LogP contribution in [0.25, 0.3) is 0 Å². The van der Waals surface area contributed by atoms with Crippen molar-refractivity contribution in [3.63, 3.8) is 0 Å². The minimum Gasteiger partial charge on any atom is -0.0654 e. The third-order valence-corrected chi connectivity index (χ3v) is 22.6. The number of hydrogen-bond donors (Lipinski definition) is 0. The van der Waals surface area contributed by atoms with E-state index in [0.29, 0.717) is 0 Å². The molecule has 0 saturated carbocycles. The quantitative estimate of drug-likeness (QED) is 0.0449. The van der Waals surface area contributed by atoms with Crippen LogP contribution >= 0.6 is 0 Å². The van der Waals surface area contributed by atoms with Crippen molar-refractivity contribution in [2.45, 2.75) is 490 Å². The summed E-state index contributed by atoms with van der Waals surface area (Å²) >= 11 is -3.91. The molecule has 0 aliphatic carbocycles. The Morgan fingerprint density at radius 2 is 0.200 bits per heavy atom. The Morgan fingerprint density at radius 3 is 0.294 bits per heavy atom. The minimum absolute atomic E-state index is 0.732. The summed E-state index contributed by atoms with van der Waals surface area (Å²) in [5.74, 6) is 0. The van der Waals surface area contributed by atoms with E-state index in [0.717, 1.165) is 52.1 Å². The van der Waals surface area contributed by atoms with Crippen LogP contribution in [0, 0.1) is 0 Å². The van der Waals surface area contributed by atoms with E-state index in [1.807, 2.05) is 0 Å². The molecule has 0 aliphatic rings. The van der Waals surface area contributed by atoms with Gasteiger partial charge in [-0.15, -0.1) is 0 Å². The topological polar surface area (TPSA) is 36.9 Å². The van der Waals surface area contributed by atoms with Crippen molar-refractivity contribution in [3.8, 4) is 0 Å². The minimum atomic E-state index is -3.91. The van der Waals surface area contributed by atoms with Crippen molar-refractivity contribution >= 4 is 0 Å². The molecule has 85 heavy (non-hydrogen) atoms. The number of rotatable bonds is 80. The molecule has 5 heteroatoms. The molecule has 0 fully saturated rings. The molecule has 0 amide bonds. The van der Waals surface area contributed by atoms with Gasteiger partial charge < -0.3 is 0 Å². The average molecular weight is 1240 g/mol. The molecule has 0 aromatic carbocycles. The van der Waals surface area contributed by atoms with E-state index in [9.17, 15) is 0 Å². The normalized spacial score (nSPS) is 12.0. The van der Waals surface area contributed by atoms with Gasteiger partial charge in [-0.2, -0.15) is 0 Å².